The van der Waals surface area contributed by atoms with Gasteiger partial charge in [0, 0.05) is 11.4 Å². The van der Waals surface area contributed by atoms with Crippen molar-refractivity contribution in [3.8, 4) is 0 Å². The number of hydrogen-bond donors (Lipinski definition) is 2. The monoisotopic (exact) mass is 324 g/mol. The summed E-state index contributed by atoms with van der Waals surface area (Å²) < 4.78 is 0. The minimum Gasteiger partial charge on any atom is -0.360 e. The first-order valence-electron chi connectivity index (χ1n) is 8.62. The molecule has 1 amide bonds. The molecule has 0 atom stereocenters. The third-order valence-electron chi connectivity index (χ3n) is 4.66. The van der Waals surface area contributed by atoms with Crippen molar-refractivity contribution in [2.45, 2.75) is 13.8 Å². The van der Waals surface area contributed by atoms with Crippen molar-refractivity contribution in [3.63, 3.8) is 0 Å². The lowest BCUT2D eigenvalue weighted by atomic mass is 10.1. The average molecular weight is 324 g/mol. The zero-order valence-electron chi connectivity index (χ0n) is 14.5. The number of nitrogens with zero attached hydrogens (tertiary/aromatic N) is 1. The van der Waals surface area contributed by atoms with Crippen LogP contribution in [0.5, 0.6) is 0 Å². The minimum absolute atomic E-state index is 0.102. The number of rotatable bonds is 4. The molecule has 4 nitrogen and oxygen atoms in total. The van der Waals surface area contributed by atoms with E-state index in [0.29, 0.717) is 6.54 Å². The standard InChI is InChI=1S/C20H25N3O/c1-16-8-9-19(17(2)14-16)21-20(24)15-22-10-12-23(13-11-22)18-6-4-3-5-7-18/h3-9,14H,10-13,15H2,1-2H3,(H,21,24)/p+1. The lowest BCUT2D eigenvalue weighted by Gasteiger charge is -2.33. The van der Waals surface area contributed by atoms with E-state index in [4.69, 9.17) is 0 Å². The van der Waals surface area contributed by atoms with Crippen molar-refractivity contribution in [1.82, 2.24) is 0 Å². The molecule has 24 heavy (non-hydrogen) atoms. The van der Waals surface area contributed by atoms with Gasteiger partial charge in [-0.2, -0.15) is 0 Å². The van der Waals surface area contributed by atoms with Gasteiger partial charge in [-0.3, -0.25) is 4.79 Å². The van der Waals surface area contributed by atoms with Crippen molar-refractivity contribution in [3.05, 3.63) is 59.7 Å². The number of anilines is 2. The van der Waals surface area contributed by atoms with Crippen LogP contribution in [0.2, 0.25) is 0 Å². The second-order valence-corrected chi connectivity index (χ2v) is 6.62. The topological polar surface area (TPSA) is 36.8 Å². The highest BCUT2D eigenvalue weighted by Gasteiger charge is 2.22. The molecule has 1 aliphatic rings. The molecule has 0 radical (unpaired) electrons. The largest absolute Gasteiger partial charge is 0.360 e. The lowest BCUT2D eigenvalue weighted by Crippen LogP contribution is -3.15. The maximum Gasteiger partial charge on any atom is 0.279 e. The Balaban J connectivity index is 1.50. The molecule has 1 aliphatic heterocycles. The molecule has 1 fully saturated rings. The van der Waals surface area contributed by atoms with Crippen LogP contribution in [0.25, 0.3) is 0 Å². The van der Waals surface area contributed by atoms with Crippen LogP contribution < -0.4 is 15.1 Å². The van der Waals surface area contributed by atoms with Crippen molar-refractivity contribution in [1.29, 1.82) is 0 Å². The number of benzene rings is 2. The van der Waals surface area contributed by atoms with Gasteiger partial charge in [-0.15, -0.1) is 0 Å². The molecule has 2 N–H and O–H groups in total. The summed E-state index contributed by atoms with van der Waals surface area (Å²) in [5, 5.41) is 3.05. The molecule has 0 aliphatic carbocycles. The molecule has 3 rings (SSSR count). The summed E-state index contributed by atoms with van der Waals surface area (Å²) in [6, 6.07) is 16.6. The van der Waals surface area contributed by atoms with E-state index < -0.39 is 0 Å². The van der Waals surface area contributed by atoms with E-state index >= 15 is 0 Å². The summed E-state index contributed by atoms with van der Waals surface area (Å²) in [6.45, 7) is 8.62. The summed E-state index contributed by atoms with van der Waals surface area (Å²) in [5.74, 6) is 0.102. The number of piperazine rings is 1. The van der Waals surface area contributed by atoms with Gasteiger partial charge in [0.05, 0.1) is 26.2 Å². The highest BCUT2D eigenvalue weighted by Crippen LogP contribution is 2.15. The predicted octanol–water partition coefficient (Wildman–Crippen LogP) is 1.65. The van der Waals surface area contributed by atoms with E-state index in [0.717, 1.165) is 37.4 Å². The Morgan fingerprint density at radius 1 is 1.08 bits per heavy atom. The van der Waals surface area contributed by atoms with Gasteiger partial charge in [-0.25, -0.2) is 0 Å². The van der Waals surface area contributed by atoms with Crippen LogP contribution in [0.1, 0.15) is 11.1 Å². The number of hydrogen-bond acceptors (Lipinski definition) is 2. The summed E-state index contributed by atoms with van der Waals surface area (Å²) in [4.78, 5) is 16.1. The minimum atomic E-state index is 0.102. The van der Waals surface area contributed by atoms with Crippen molar-refractivity contribution in [2.24, 2.45) is 0 Å². The van der Waals surface area contributed by atoms with Gasteiger partial charge < -0.3 is 15.1 Å². The van der Waals surface area contributed by atoms with Crippen molar-refractivity contribution >= 4 is 17.3 Å². The van der Waals surface area contributed by atoms with E-state index in [1.165, 1.54) is 16.2 Å². The first kappa shape index (κ1) is 16.5. The van der Waals surface area contributed by atoms with Gasteiger partial charge in [0.1, 0.15) is 0 Å². The van der Waals surface area contributed by atoms with Gasteiger partial charge in [0.2, 0.25) is 0 Å². The molecule has 1 saturated heterocycles. The predicted molar refractivity (Wildman–Crippen MR) is 98.8 cm³/mol. The van der Waals surface area contributed by atoms with E-state index in [-0.39, 0.29) is 5.91 Å². The van der Waals surface area contributed by atoms with E-state index in [2.05, 4.69) is 47.5 Å². The van der Waals surface area contributed by atoms with Gasteiger partial charge in [0.25, 0.3) is 5.91 Å². The summed E-state index contributed by atoms with van der Waals surface area (Å²) in [5.41, 5.74) is 4.53. The Labute approximate surface area is 144 Å². The van der Waals surface area contributed by atoms with Crippen LogP contribution in [0.15, 0.2) is 48.5 Å². The fourth-order valence-electron chi connectivity index (χ4n) is 3.27. The summed E-state index contributed by atoms with van der Waals surface area (Å²) in [6.07, 6.45) is 0. The highest BCUT2D eigenvalue weighted by atomic mass is 16.2. The van der Waals surface area contributed by atoms with Gasteiger partial charge in [0.15, 0.2) is 6.54 Å². The van der Waals surface area contributed by atoms with Crippen molar-refractivity contribution < 1.29 is 9.69 Å². The zero-order chi connectivity index (χ0) is 16.9. The highest BCUT2D eigenvalue weighted by molar-refractivity contribution is 5.92. The number of quaternary nitrogens is 1. The zero-order valence-corrected chi connectivity index (χ0v) is 14.5. The third-order valence-corrected chi connectivity index (χ3v) is 4.66. The second kappa shape index (κ2) is 7.49. The molecule has 4 heteroatoms. The SMILES string of the molecule is Cc1ccc(NC(=O)C[NH+]2CCN(c3ccccc3)CC2)c(C)c1. The molecule has 0 bridgehead atoms. The molecule has 2 aromatic rings. The molecule has 0 saturated carbocycles. The number of carbonyl (C=O) groups is 1. The third kappa shape index (κ3) is 4.15. The maximum absolute atomic E-state index is 12.3. The summed E-state index contributed by atoms with van der Waals surface area (Å²) in [7, 11) is 0. The molecular formula is C20H26N3O+. The fraction of sp³-hybridized carbons (Fsp3) is 0.350. The van der Waals surface area contributed by atoms with Crippen LogP contribution in [-0.2, 0) is 4.79 Å². The maximum atomic E-state index is 12.3. The first-order chi connectivity index (χ1) is 11.6. The lowest BCUT2D eigenvalue weighted by molar-refractivity contribution is -0.892. The Hall–Kier alpha value is -2.33. The Morgan fingerprint density at radius 2 is 1.79 bits per heavy atom. The van der Waals surface area contributed by atoms with E-state index in [1.54, 1.807) is 0 Å². The number of amides is 1. The molecule has 2 aromatic carbocycles. The molecule has 0 aromatic heterocycles. The molecule has 0 unspecified atom stereocenters. The van der Waals surface area contributed by atoms with Crippen LogP contribution >= 0.6 is 0 Å². The second-order valence-electron chi connectivity index (χ2n) is 6.62. The fourth-order valence-corrected chi connectivity index (χ4v) is 3.27. The Bertz CT molecular complexity index is 691. The van der Waals surface area contributed by atoms with Crippen LogP contribution in [0, 0.1) is 13.8 Å². The molecular weight excluding hydrogens is 298 g/mol. The molecule has 0 spiro atoms. The van der Waals surface area contributed by atoms with Gasteiger partial charge >= 0.3 is 0 Å². The summed E-state index contributed by atoms with van der Waals surface area (Å²) >= 11 is 0. The number of para-hydroxylation sites is 1. The van der Waals surface area contributed by atoms with Gasteiger partial charge in [-0.05, 0) is 37.6 Å². The van der Waals surface area contributed by atoms with E-state index in [9.17, 15) is 4.79 Å². The van der Waals surface area contributed by atoms with Crippen molar-refractivity contribution in [2.75, 3.05) is 42.9 Å². The van der Waals surface area contributed by atoms with Crippen LogP contribution in [0.4, 0.5) is 11.4 Å². The quantitative estimate of drug-likeness (QED) is 0.897. The van der Waals surface area contributed by atoms with E-state index in [1.807, 2.05) is 25.1 Å². The number of carbonyl (C=O) groups excluding carboxylic acids is 1. The van der Waals surface area contributed by atoms with Crippen LogP contribution in [0.3, 0.4) is 0 Å². The normalized spacial score (nSPS) is 15.3. The molecule has 1 heterocycles. The first-order valence-corrected chi connectivity index (χ1v) is 8.62. The van der Waals surface area contributed by atoms with Crippen LogP contribution in [-0.4, -0.2) is 38.6 Å². The van der Waals surface area contributed by atoms with Gasteiger partial charge in [-0.1, -0.05) is 35.9 Å². The average Bonchev–Trinajstić information content (AvgIpc) is 2.59. The number of aryl methyl sites for hydroxylation is 2. The number of nitrogens with one attached hydrogen (secondary N) is 2. The Kier molecular flexibility index (Phi) is 5.16. The smallest absolute Gasteiger partial charge is 0.279 e. The molecule has 126 valence electrons. The Morgan fingerprint density at radius 3 is 2.46 bits per heavy atom.